The van der Waals surface area contributed by atoms with Crippen molar-refractivity contribution in [3.63, 3.8) is 0 Å². The minimum atomic E-state index is 0.791. The predicted octanol–water partition coefficient (Wildman–Crippen LogP) is 2.02. The molecule has 20 heavy (non-hydrogen) atoms. The summed E-state index contributed by atoms with van der Waals surface area (Å²) in [5.41, 5.74) is 6.77. The van der Waals surface area contributed by atoms with Gasteiger partial charge in [-0.2, -0.15) is 0 Å². The van der Waals surface area contributed by atoms with Crippen LogP contribution in [0.3, 0.4) is 0 Å². The first-order valence-electron chi connectivity index (χ1n) is 7.39. The third-order valence-corrected chi connectivity index (χ3v) is 4.33. The van der Waals surface area contributed by atoms with Crippen molar-refractivity contribution in [1.82, 2.24) is 10.2 Å². The molecule has 2 fully saturated rings. The number of benzene rings is 1. The van der Waals surface area contributed by atoms with E-state index in [-0.39, 0.29) is 0 Å². The number of hydrogen-bond acceptors (Lipinski definition) is 5. The van der Waals surface area contributed by atoms with Gasteiger partial charge in [-0.15, -0.1) is 10.2 Å². The van der Waals surface area contributed by atoms with Gasteiger partial charge in [0.25, 0.3) is 0 Å². The standard InChI is InChI=1S/C15H19N5/c16-11-4-5-12-13(10-11)15(20-8-3-9-20)18-17-14(12)19-6-1-2-7-19/h4-5,10H,1-3,6-9,16H2. The Morgan fingerprint density at radius 1 is 0.800 bits per heavy atom. The summed E-state index contributed by atoms with van der Waals surface area (Å²) in [6.07, 6.45) is 3.72. The van der Waals surface area contributed by atoms with Gasteiger partial charge in [0.2, 0.25) is 0 Å². The van der Waals surface area contributed by atoms with Crippen molar-refractivity contribution in [2.45, 2.75) is 19.3 Å². The molecule has 3 heterocycles. The fraction of sp³-hybridized carbons (Fsp3) is 0.467. The summed E-state index contributed by atoms with van der Waals surface area (Å²) < 4.78 is 0. The van der Waals surface area contributed by atoms with E-state index in [1.54, 1.807) is 0 Å². The molecule has 0 spiro atoms. The third-order valence-electron chi connectivity index (χ3n) is 4.33. The summed E-state index contributed by atoms with van der Waals surface area (Å²) >= 11 is 0. The van der Waals surface area contributed by atoms with Gasteiger partial charge in [-0.25, -0.2) is 0 Å². The number of aromatic nitrogens is 2. The molecule has 2 aliphatic heterocycles. The second-order valence-electron chi connectivity index (χ2n) is 5.69. The van der Waals surface area contributed by atoms with Gasteiger partial charge in [0.1, 0.15) is 0 Å². The molecule has 0 radical (unpaired) electrons. The van der Waals surface area contributed by atoms with Gasteiger partial charge >= 0.3 is 0 Å². The molecule has 2 N–H and O–H groups in total. The second-order valence-corrected chi connectivity index (χ2v) is 5.69. The molecular formula is C15H19N5. The average molecular weight is 269 g/mol. The van der Waals surface area contributed by atoms with Crippen LogP contribution in [0.2, 0.25) is 0 Å². The first-order chi connectivity index (χ1) is 9.83. The van der Waals surface area contributed by atoms with Crippen LogP contribution < -0.4 is 15.5 Å². The second kappa shape index (κ2) is 4.51. The third kappa shape index (κ3) is 1.77. The highest BCUT2D eigenvalue weighted by atomic mass is 15.3. The highest BCUT2D eigenvalue weighted by Crippen LogP contribution is 2.34. The predicted molar refractivity (Wildman–Crippen MR) is 82.2 cm³/mol. The van der Waals surface area contributed by atoms with Gasteiger partial charge in [-0.1, -0.05) is 0 Å². The number of hydrogen-bond donors (Lipinski definition) is 1. The Morgan fingerprint density at radius 2 is 1.40 bits per heavy atom. The Labute approximate surface area is 118 Å². The van der Waals surface area contributed by atoms with E-state index in [0.29, 0.717) is 0 Å². The summed E-state index contributed by atoms with van der Waals surface area (Å²) in [4.78, 5) is 4.62. The molecule has 0 atom stereocenters. The van der Waals surface area contributed by atoms with E-state index in [4.69, 9.17) is 5.73 Å². The van der Waals surface area contributed by atoms with Crippen LogP contribution in [0.5, 0.6) is 0 Å². The molecule has 0 aliphatic carbocycles. The number of nitrogens with two attached hydrogens (primary N) is 1. The van der Waals surface area contributed by atoms with E-state index in [0.717, 1.165) is 48.9 Å². The lowest BCUT2D eigenvalue weighted by Crippen LogP contribution is -2.38. The Kier molecular flexibility index (Phi) is 2.65. The van der Waals surface area contributed by atoms with Gasteiger partial charge in [-0.05, 0) is 37.5 Å². The minimum absolute atomic E-state index is 0.791. The van der Waals surface area contributed by atoms with Crippen LogP contribution in [0.15, 0.2) is 18.2 Å². The van der Waals surface area contributed by atoms with Crippen molar-refractivity contribution in [1.29, 1.82) is 0 Å². The van der Waals surface area contributed by atoms with Crippen molar-refractivity contribution in [3.05, 3.63) is 18.2 Å². The van der Waals surface area contributed by atoms with Gasteiger partial charge in [0, 0.05) is 42.6 Å². The SMILES string of the molecule is Nc1ccc2c(N3CCCC3)nnc(N3CCC3)c2c1. The molecule has 0 bridgehead atoms. The van der Waals surface area contributed by atoms with Crippen LogP contribution in [0, 0.1) is 0 Å². The molecule has 0 amide bonds. The fourth-order valence-corrected chi connectivity index (χ4v) is 3.07. The van der Waals surface area contributed by atoms with Crippen LogP contribution in [0.25, 0.3) is 10.8 Å². The molecule has 2 saturated heterocycles. The molecule has 2 aliphatic rings. The van der Waals surface area contributed by atoms with E-state index in [9.17, 15) is 0 Å². The molecule has 1 aromatic heterocycles. The van der Waals surface area contributed by atoms with Crippen molar-refractivity contribution >= 4 is 28.1 Å². The van der Waals surface area contributed by atoms with Crippen LogP contribution >= 0.6 is 0 Å². The lowest BCUT2D eigenvalue weighted by Gasteiger charge is -2.33. The van der Waals surface area contributed by atoms with E-state index < -0.39 is 0 Å². The van der Waals surface area contributed by atoms with E-state index in [1.807, 2.05) is 12.1 Å². The van der Waals surface area contributed by atoms with E-state index in [1.165, 1.54) is 24.6 Å². The zero-order valence-electron chi connectivity index (χ0n) is 11.5. The van der Waals surface area contributed by atoms with Crippen LogP contribution in [0.4, 0.5) is 17.3 Å². The first-order valence-corrected chi connectivity index (χ1v) is 7.39. The fourth-order valence-electron chi connectivity index (χ4n) is 3.07. The largest absolute Gasteiger partial charge is 0.399 e. The Bertz CT molecular complexity index is 644. The molecule has 4 rings (SSSR count). The Morgan fingerprint density at radius 3 is 2.00 bits per heavy atom. The topological polar surface area (TPSA) is 58.3 Å². The molecule has 1 aromatic carbocycles. The van der Waals surface area contributed by atoms with Gasteiger partial charge < -0.3 is 15.5 Å². The van der Waals surface area contributed by atoms with Crippen molar-refractivity contribution in [2.24, 2.45) is 0 Å². The number of anilines is 3. The average Bonchev–Trinajstić information content (AvgIpc) is 2.91. The quantitative estimate of drug-likeness (QED) is 0.845. The Hall–Kier alpha value is -2.04. The zero-order valence-corrected chi connectivity index (χ0v) is 11.5. The molecular weight excluding hydrogens is 250 g/mol. The van der Waals surface area contributed by atoms with Gasteiger partial charge in [-0.3, -0.25) is 0 Å². The highest BCUT2D eigenvalue weighted by molar-refractivity contribution is 6.00. The van der Waals surface area contributed by atoms with Crippen molar-refractivity contribution in [2.75, 3.05) is 41.7 Å². The summed E-state index contributed by atoms with van der Waals surface area (Å²) in [5, 5.41) is 11.3. The van der Waals surface area contributed by atoms with E-state index >= 15 is 0 Å². The molecule has 0 unspecified atom stereocenters. The highest BCUT2D eigenvalue weighted by Gasteiger charge is 2.23. The number of nitrogen functional groups attached to an aromatic ring is 1. The van der Waals surface area contributed by atoms with Crippen molar-refractivity contribution < 1.29 is 0 Å². The lowest BCUT2D eigenvalue weighted by atomic mass is 10.1. The minimum Gasteiger partial charge on any atom is -0.399 e. The lowest BCUT2D eigenvalue weighted by molar-refractivity contribution is 0.608. The maximum absolute atomic E-state index is 5.98. The van der Waals surface area contributed by atoms with Gasteiger partial charge in [0.15, 0.2) is 11.6 Å². The molecule has 2 aromatic rings. The maximum atomic E-state index is 5.98. The molecule has 0 saturated carbocycles. The maximum Gasteiger partial charge on any atom is 0.159 e. The van der Waals surface area contributed by atoms with Crippen molar-refractivity contribution in [3.8, 4) is 0 Å². The normalized spacial score (nSPS) is 18.6. The summed E-state index contributed by atoms with van der Waals surface area (Å²) in [6.45, 7) is 4.30. The van der Waals surface area contributed by atoms with Crippen LogP contribution in [0.1, 0.15) is 19.3 Å². The monoisotopic (exact) mass is 269 g/mol. The van der Waals surface area contributed by atoms with Crippen LogP contribution in [-0.2, 0) is 0 Å². The first kappa shape index (κ1) is 11.8. The van der Waals surface area contributed by atoms with Crippen LogP contribution in [-0.4, -0.2) is 36.4 Å². The summed E-state index contributed by atoms with van der Waals surface area (Å²) in [6, 6.07) is 6.09. The smallest absolute Gasteiger partial charge is 0.159 e. The summed E-state index contributed by atoms with van der Waals surface area (Å²) in [7, 11) is 0. The Balaban J connectivity index is 1.89. The zero-order chi connectivity index (χ0) is 13.5. The number of nitrogens with zero attached hydrogens (tertiary/aromatic N) is 4. The molecule has 104 valence electrons. The molecule has 5 heteroatoms. The van der Waals surface area contributed by atoms with Gasteiger partial charge in [0.05, 0.1) is 0 Å². The number of fused-ring (bicyclic) bond motifs is 1. The molecule has 5 nitrogen and oxygen atoms in total. The summed E-state index contributed by atoms with van der Waals surface area (Å²) in [5.74, 6) is 2.00. The number of rotatable bonds is 2. The van der Waals surface area contributed by atoms with E-state index in [2.05, 4.69) is 26.1 Å².